The summed E-state index contributed by atoms with van der Waals surface area (Å²) in [6, 6.07) is 12.5. The predicted octanol–water partition coefficient (Wildman–Crippen LogP) is 7.44. The van der Waals surface area contributed by atoms with Crippen molar-refractivity contribution in [3.63, 3.8) is 0 Å². The number of halogens is 1. The third kappa shape index (κ3) is 4.64. The Morgan fingerprint density at radius 3 is 2.08 bits per heavy atom. The number of aliphatic hydroxyl groups is 1. The zero-order valence-electron chi connectivity index (χ0n) is 17.2. The fourth-order valence-electron chi connectivity index (χ4n) is 5.12. The molecule has 2 rings (SSSR count). The van der Waals surface area contributed by atoms with E-state index >= 15 is 0 Å². The highest BCUT2D eigenvalue weighted by Gasteiger charge is 2.43. The van der Waals surface area contributed by atoms with E-state index in [-0.39, 0.29) is 0 Å². The van der Waals surface area contributed by atoms with Gasteiger partial charge in [-0.05, 0) is 72.4 Å². The minimum Gasteiger partial charge on any atom is -0.385 e. The molecule has 1 aliphatic rings. The van der Waals surface area contributed by atoms with Crippen molar-refractivity contribution in [2.45, 2.75) is 90.0 Å². The standard InChI is InChI=1S/C23H37IOSi/c1-5-22(26(6-2,7-3)8-4)18-23(25,19-12-10-9-11-13-19)20-14-16-21(24)17-15-20/h5,14-17,19,25H,6-13,18H2,1-4H3/b22-5+. The van der Waals surface area contributed by atoms with Crippen LogP contribution in [-0.4, -0.2) is 13.2 Å². The van der Waals surface area contributed by atoms with Gasteiger partial charge in [0.1, 0.15) is 0 Å². The molecule has 0 amide bonds. The second-order valence-corrected chi connectivity index (χ2v) is 14.7. The van der Waals surface area contributed by atoms with Crippen molar-refractivity contribution < 1.29 is 5.11 Å². The van der Waals surface area contributed by atoms with E-state index in [4.69, 9.17) is 0 Å². The summed E-state index contributed by atoms with van der Waals surface area (Å²) in [5.74, 6) is 0.392. The summed E-state index contributed by atoms with van der Waals surface area (Å²) < 4.78 is 1.24. The molecule has 1 aliphatic carbocycles. The lowest BCUT2D eigenvalue weighted by molar-refractivity contribution is -0.0375. The molecule has 1 saturated carbocycles. The van der Waals surface area contributed by atoms with E-state index in [1.165, 1.54) is 53.8 Å². The van der Waals surface area contributed by atoms with E-state index in [1.54, 1.807) is 5.20 Å². The predicted molar refractivity (Wildman–Crippen MR) is 125 cm³/mol. The van der Waals surface area contributed by atoms with Crippen molar-refractivity contribution in [3.05, 3.63) is 44.7 Å². The molecular formula is C23H37IOSi. The van der Waals surface area contributed by atoms with Gasteiger partial charge in [0.25, 0.3) is 0 Å². The van der Waals surface area contributed by atoms with Crippen LogP contribution in [0, 0.1) is 9.49 Å². The molecular weight excluding hydrogens is 447 g/mol. The average molecular weight is 485 g/mol. The Bertz CT molecular complexity index is 576. The molecule has 146 valence electrons. The zero-order chi connectivity index (χ0) is 19.2. The van der Waals surface area contributed by atoms with Crippen molar-refractivity contribution >= 4 is 30.7 Å². The second-order valence-electron chi connectivity index (χ2n) is 8.10. The topological polar surface area (TPSA) is 20.2 Å². The third-order valence-corrected chi connectivity index (χ3v) is 13.8. The summed E-state index contributed by atoms with van der Waals surface area (Å²) in [5.41, 5.74) is 0.431. The summed E-state index contributed by atoms with van der Waals surface area (Å²) in [4.78, 5) is 0. The van der Waals surface area contributed by atoms with E-state index in [2.05, 4.69) is 80.6 Å². The first-order chi connectivity index (χ1) is 12.5. The normalized spacial score (nSPS) is 19.4. The van der Waals surface area contributed by atoms with Crippen LogP contribution >= 0.6 is 22.6 Å². The minimum absolute atomic E-state index is 0.392. The number of hydrogen-bond acceptors (Lipinski definition) is 1. The van der Waals surface area contributed by atoms with Crippen LogP contribution in [0.15, 0.2) is 35.5 Å². The Morgan fingerprint density at radius 1 is 1.08 bits per heavy atom. The largest absolute Gasteiger partial charge is 0.385 e. The van der Waals surface area contributed by atoms with Crippen LogP contribution in [0.2, 0.25) is 18.1 Å². The van der Waals surface area contributed by atoms with E-state index < -0.39 is 13.7 Å². The maximum atomic E-state index is 12.1. The van der Waals surface area contributed by atoms with Crippen molar-refractivity contribution in [1.29, 1.82) is 0 Å². The summed E-state index contributed by atoms with van der Waals surface area (Å²) in [6.45, 7) is 9.31. The quantitative estimate of drug-likeness (QED) is 0.300. The third-order valence-electron chi connectivity index (χ3n) is 7.14. The first-order valence-corrected chi connectivity index (χ1v) is 14.3. The number of benzene rings is 1. The van der Waals surface area contributed by atoms with Crippen LogP contribution < -0.4 is 0 Å². The van der Waals surface area contributed by atoms with Crippen LogP contribution in [0.4, 0.5) is 0 Å². The van der Waals surface area contributed by atoms with Gasteiger partial charge in [0, 0.05) is 3.57 Å². The molecule has 0 heterocycles. The molecule has 0 aromatic heterocycles. The van der Waals surface area contributed by atoms with Crippen molar-refractivity contribution in [2.75, 3.05) is 0 Å². The Kier molecular flexibility index (Phi) is 8.42. The molecule has 1 aromatic carbocycles. The Hall–Kier alpha value is -0.133. The van der Waals surface area contributed by atoms with Gasteiger partial charge in [-0.3, -0.25) is 0 Å². The lowest BCUT2D eigenvalue weighted by Crippen LogP contribution is -2.43. The van der Waals surface area contributed by atoms with E-state index in [0.717, 1.165) is 12.0 Å². The highest BCUT2D eigenvalue weighted by Crippen LogP contribution is 2.46. The van der Waals surface area contributed by atoms with Gasteiger partial charge in [0.2, 0.25) is 0 Å². The van der Waals surface area contributed by atoms with Gasteiger partial charge >= 0.3 is 0 Å². The van der Waals surface area contributed by atoms with Crippen molar-refractivity contribution in [3.8, 4) is 0 Å². The lowest BCUT2D eigenvalue weighted by Gasteiger charge is -2.43. The van der Waals surface area contributed by atoms with Gasteiger partial charge in [-0.2, -0.15) is 0 Å². The molecule has 26 heavy (non-hydrogen) atoms. The summed E-state index contributed by atoms with van der Waals surface area (Å²) >= 11 is 2.36. The number of hydrogen-bond donors (Lipinski definition) is 1. The van der Waals surface area contributed by atoms with Gasteiger partial charge in [-0.25, -0.2) is 0 Å². The molecule has 1 atom stereocenters. The van der Waals surface area contributed by atoms with Crippen molar-refractivity contribution in [2.24, 2.45) is 5.92 Å². The minimum atomic E-state index is -1.46. The Balaban J connectivity index is 2.44. The highest BCUT2D eigenvalue weighted by atomic mass is 127. The first-order valence-electron chi connectivity index (χ1n) is 10.6. The molecule has 0 aliphatic heterocycles. The zero-order valence-corrected chi connectivity index (χ0v) is 20.3. The number of allylic oxidation sites excluding steroid dienone is 1. The summed E-state index contributed by atoms with van der Waals surface area (Å²) in [6.07, 6.45) is 9.39. The molecule has 0 radical (unpaired) electrons. The van der Waals surface area contributed by atoms with Gasteiger partial charge in [0.05, 0.1) is 13.7 Å². The Labute approximate surface area is 175 Å². The van der Waals surface area contributed by atoms with Crippen LogP contribution in [0.1, 0.15) is 71.8 Å². The van der Waals surface area contributed by atoms with Crippen LogP contribution in [0.5, 0.6) is 0 Å². The first kappa shape index (κ1) is 22.2. The Morgan fingerprint density at radius 2 is 1.62 bits per heavy atom. The van der Waals surface area contributed by atoms with Crippen LogP contribution in [-0.2, 0) is 5.60 Å². The molecule has 1 unspecified atom stereocenters. The van der Waals surface area contributed by atoms with Gasteiger partial charge in [0.15, 0.2) is 0 Å². The lowest BCUT2D eigenvalue weighted by atomic mass is 9.71. The fraction of sp³-hybridized carbons (Fsp3) is 0.652. The van der Waals surface area contributed by atoms with E-state index in [9.17, 15) is 5.11 Å². The molecule has 3 heteroatoms. The fourth-order valence-corrected chi connectivity index (χ4v) is 9.60. The van der Waals surface area contributed by atoms with Crippen LogP contribution in [0.3, 0.4) is 0 Å². The van der Waals surface area contributed by atoms with Gasteiger partial charge < -0.3 is 5.11 Å². The monoisotopic (exact) mass is 484 g/mol. The molecule has 0 saturated heterocycles. The molecule has 0 spiro atoms. The van der Waals surface area contributed by atoms with Gasteiger partial charge in [-0.15, -0.1) is 0 Å². The highest BCUT2D eigenvalue weighted by molar-refractivity contribution is 14.1. The molecule has 1 N–H and O–H groups in total. The van der Waals surface area contributed by atoms with Gasteiger partial charge in [-0.1, -0.05) is 81.6 Å². The average Bonchev–Trinajstić information content (AvgIpc) is 2.69. The molecule has 1 nitrogen and oxygen atoms in total. The second kappa shape index (κ2) is 9.88. The smallest absolute Gasteiger partial charge is 0.0957 e. The SMILES string of the molecule is C/C=C(\CC(O)(c1ccc(I)cc1)C1CCCCC1)[Si](CC)(CC)CC. The summed E-state index contributed by atoms with van der Waals surface area (Å²) in [7, 11) is -1.46. The summed E-state index contributed by atoms with van der Waals surface area (Å²) in [5, 5.41) is 13.7. The molecule has 1 aromatic rings. The van der Waals surface area contributed by atoms with E-state index in [1.807, 2.05) is 0 Å². The van der Waals surface area contributed by atoms with Crippen LogP contribution in [0.25, 0.3) is 0 Å². The molecule has 1 fully saturated rings. The number of rotatable bonds is 8. The molecule has 0 bridgehead atoms. The van der Waals surface area contributed by atoms with E-state index in [0.29, 0.717) is 5.92 Å². The maximum Gasteiger partial charge on any atom is 0.0957 e. The van der Waals surface area contributed by atoms with Crippen molar-refractivity contribution in [1.82, 2.24) is 0 Å². The maximum absolute atomic E-state index is 12.1.